The van der Waals surface area contributed by atoms with Crippen LogP contribution in [-0.2, 0) is 4.74 Å². The van der Waals surface area contributed by atoms with E-state index in [1.54, 1.807) is 13.8 Å². The summed E-state index contributed by atoms with van der Waals surface area (Å²) in [5, 5.41) is 0. The van der Waals surface area contributed by atoms with Crippen molar-refractivity contribution in [1.29, 1.82) is 0 Å². The van der Waals surface area contributed by atoms with Gasteiger partial charge in [0.1, 0.15) is 11.4 Å². The van der Waals surface area contributed by atoms with E-state index >= 15 is 0 Å². The number of nitrogen functional groups attached to an aromatic ring is 1. The summed E-state index contributed by atoms with van der Waals surface area (Å²) in [5.41, 5.74) is 7.42. The van der Waals surface area contributed by atoms with E-state index in [9.17, 15) is 4.79 Å². The van der Waals surface area contributed by atoms with E-state index in [4.69, 9.17) is 10.5 Å². The van der Waals surface area contributed by atoms with Crippen LogP contribution in [0.4, 0.5) is 5.82 Å². The van der Waals surface area contributed by atoms with Crippen LogP contribution in [0.15, 0.2) is 28.7 Å². The average molecular weight is 336 g/mol. The summed E-state index contributed by atoms with van der Waals surface area (Å²) in [6.07, 6.45) is 0. The first-order chi connectivity index (χ1) is 9.52. The van der Waals surface area contributed by atoms with Crippen LogP contribution < -0.4 is 5.73 Å². The highest BCUT2D eigenvalue weighted by Gasteiger charge is 2.18. The Labute approximate surface area is 125 Å². The Hall–Kier alpha value is -1.95. The zero-order chi connectivity index (χ0) is 14.7. The second kappa shape index (κ2) is 6.00. The number of nitrogens with two attached hydrogens (primary N) is 1. The van der Waals surface area contributed by atoms with Gasteiger partial charge in [-0.25, -0.2) is 14.8 Å². The van der Waals surface area contributed by atoms with Crippen molar-refractivity contribution in [3.8, 4) is 11.4 Å². The molecule has 6 heteroatoms. The van der Waals surface area contributed by atoms with Crippen molar-refractivity contribution in [2.45, 2.75) is 13.8 Å². The molecule has 104 valence electrons. The fourth-order valence-electron chi connectivity index (χ4n) is 1.81. The first kappa shape index (κ1) is 14.5. The Morgan fingerprint density at radius 2 is 2.15 bits per heavy atom. The van der Waals surface area contributed by atoms with Crippen LogP contribution in [0.1, 0.15) is 23.0 Å². The largest absolute Gasteiger partial charge is 0.462 e. The topological polar surface area (TPSA) is 78.1 Å². The zero-order valence-electron chi connectivity index (χ0n) is 11.2. The highest BCUT2D eigenvalue weighted by Crippen LogP contribution is 2.23. The summed E-state index contributed by atoms with van der Waals surface area (Å²) in [4.78, 5) is 20.3. The van der Waals surface area contributed by atoms with Crippen LogP contribution in [-0.4, -0.2) is 22.5 Å². The van der Waals surface area contributed by atoms with Crippen LogP contribution in [0.2, 0.25) is 0 Å². The number of aromatic nitrogens is 2. The number of hydrogen-bond acceptors (Lipinski definition) is 5. The van der Waals surface area contributed by atoms with E-state index < -0.39 is 5.97 Å². The molecule has 0 radical (unpaired) electrons. The van der Waals surface area contributed by atoms with E-state index in [2.05, 4.69) is 25.9 Å². The molecule has 2 rings (SSSR count). The summed E-state index contributed by atoms with van der Waals surface area (Å²) in [5.74, 6) is 0.114. The average Bonchev–Trinajstić information content (AvgIpc) is 2.38. The smallest absolute Gasteiger partial charge is 0.343 e. The van der Waals surface area contributed by atoms with Crippen LogP contribution in [0.25, 0.3) is 11.4 Å². The standard InChI is InChI=1S/C14H14BrN3O2/c1-3-20-14(19)11-8(2)17-13(18-12(11)16)9-5-4-6-10(15)7-9/h4-7H,3H2,1-2H3,(H2,16,17,18). The predicted octanol–water partition coefficient (Wildman–Crippen LogP) is 2.97. The van der Waals surface area contributed by atoms with Crippen molar-refractivity contribution >= 4 is 27.7 Å². The quantitative estimate of drug-likeness (QED) is 0.872. The summed E-state index contributed by atoms with van der Waals surface area (Å²) < 4.78 is 5.87. The molecular weight excluding hydrogens is 322 g/mol. The molecule has 0 saturated carbocycles. The number of ether oxygens (including phenoxy) is 1. The number of halogens is 1. The molecule has 20 heavy (non-hydrogen) atoms. The van der Waals surface area contributed by atoms with Crippen LogP contribution in [0.5, 0.6) is 0 Å². The second-order valence-corrected chi connectivity index (χ2v) is 5.04. The molecule has 1 aromatic carbocycles. The monoisotopic (exact) mass is 335 g/mol. The van der Waals surface area contributed by atoms with Gasteiger partial charge >= 0.3 is 5.97 Å². The number of nitrogens with zero attached hydrogens (tertiary/aromatic N) is 2. The molecule has 0 aliphatic rings. The number of rotatable bonds is 3. The molecule has 0 amide bonds. The van der Waals surface area contributed by atoms with Gasteiger partial charge in [0.05, 0.1) is 12.3 Å². The Morgan fingerprint density at radius 1 is 1.40 bits per heavy atom. The van der Waals surface area contributed by atoms with Gasteiger partial charge in [-0.05, 0) is 26.0 Å². The number of hydrogen-bond donors (Lipinski definition) is 1. The maximum Gasteiger partial charge on any atom is 0.343 e. The first-order valence-electron chi connectivity index (χ1n) is 6.10. The summed E-state index contributed by atoms with van der Waals surface area (Å²) in [6, 6.07) is 7.56. The molecule has 0 spiro atoms. The van der Waals surface area contributed by atoms with Crippen LogP contribution in [0.3, 0.4) is 0 Å². The SMILES string of the molecule is CCOC(=O)c1c(C)nc(-c2cccc(Br)c2)nc1N. The molecule has 2 N–H and O–H groups in total. The molecule has 1 aromatic heterocycles. The Balaban J connectivity index is 2.47. The van der Waals surface area contributed by atoms with Crippen molar-refractivity contribution in [2.75, 3.05) is 12.3 Å². The zero-order valence-corrected chi connectivity index (χ0v) is 12.8. The molecule has 2 aromatic rings. The van der Waals surface area contributed by atoms with E-state index in [0.717, 1.165) is 10.0 Å². The predicted molar refractivity (Wildman–Crippen MR) is 80.3 cm³/mol. The van der Waals surface area contributed by atoms with Crippen LogP contribution >= 0.6 is 15.9 Å². The number of esters is 1. The van der Waals surface area contributed by atoms with Gasteiger partial charge in [0.25, 0.3) is 0 Å². The van der Waals surface area contributed by atoms with Crippen molar-refractivity contribution in [1.82, 2.24) is 9.97 Å². The third-order valence-corrected chi connectivity index (χ3v) is 3.17. The van der Waals surface area contributed by atoms with Gasteiger partial charge in [-0.3, -0.25) is 0 Å². The normalized spacial score (nSPS) is 10.3. The minimum absolute atomic E-state index is 0.130. The van der Waals surface area contributed by atoms with Crippen molar-refractivity contribution < 1.29 is 9.53 Å². The van der Waals surface area contributed by atoms with Gasteiger partial charge in [0.15, 0.2) is 5.82 Å². The number of aryl methyl sites for hydroxylation is 1. The maximum atomic E-state index is 11.8. The van der Waals surface area contributed by atoms with Gasteiger partial charge in [-0.15, -0.1) is 0 Å². The third kappa shape index (κ3) is 2.96. The molecule has 0 saturated heterocycles. The first-order valence-corrected chi connectivity index (χ1v) is 6.89. The Morgan fingerprint density at radius 3 is 2.75 bits per heavy atom. The van der Waals surface area contributed by atoms with E-state index in [1.165, 1.54) is 0 Å². The van der Waals surface area contributed by atoms with E-state index in [1.807, 2.05) is 24.3 Å². The van der Waals surface area contributed by atoms with Gasteiger partial charge in [-0.2, -0.15) is 0 Å². The van der Waals surface area contributed by atoms with Gasteiger partial charge < -0.3 is 10.5 Å². The molecule has 5 nitrogen and oxygen atoms in total. The molecular formula is C14H14BrN3O2. The van der Waals surface area contributed by atoms with Gasteiger partial charge in [0, 0.05) is 10.0 Å². The maximum absolute atomic E-state index is 11.8. The fraction of sp³-hybridized carbons (Fsp3) is 0.214. The lowest BCUT2D eigenvalue weighted by Crippen LogP contribution is -2.13. The molecule has 0 aliphatic heterocycles. The number of carbonyl (C=O) groups excluding carboxylic acids is 1. The van der Waals surface area contributed by atoms with Crippen molar-refractivity contribution in [3.05, 3.63) is 40.0 Å². The second-order valence-electron chi connectivity index (χ2n) is 4.12. The molecule has 0 fully saturated rings. The Bertz CT molecular complexity index is 636. The minimum Gasteiger partial charge on any atom is -0.462 e. The number of anilines is 1. The summed E-state index contributed by atoms with van der Waals surface area (Å²) in [7, 11) is 0. The molecule has 0 bridgehead atoms. The molecule has 0 aliphatic carbocycles. The molecule has 0 atom stereocenters. The summed E-state index contributed by atoms with van der Waals surface area (Å²) in [6.45, 7) is 3.73. The van der Waals surface area contributed by atoms with Crippen molar-refractivity contribution in [3.63, 3.8) is 0 Å². The Kier molecular flexibility index (Phi) is 4.34. The highest BCUT2D eigenvalue weighted by atomic mass is 79.9. The van der Waals surface area contributed by atoms with E-state index in [0.29, 0.717) is 11.5 Å². The minimum atomic E-state index is -0.497. The lowest BCUT2D eigenvalue weighted by Gasteiger charge is -2.09. The summed E-state index contributed by atoms with van der Waals surface area (Å²) >= 11 is 3.39. The fourth-order valence-corrected chi connectivity index (χ4v) is 2.21. The van der Waals surface area contributed by atoms with Crippen molar-refractivity contribution in [2.24, 2.45) is 0 Å². The van der Waals surface area contributed by atoms with E-state index in [-0.39, 0.29) is 18.0 Å². The molecule has 0 unspecified atom stereocenters. The van der Waals surface area contributed by atoms with Gasteiger partial charge in [0.2, 0.25) is 0 Å². The number of benzene rings is 1. The lowest BCUT2D eigenvalue weighted by atomic mass is 10.1. The molecule has 1 heterocycles. The van der Waals surface area contributed by atoms with Gasteiger partial charge in [-0.1, -0.05) is 28.1 Å². The van der Waals surface area contributed by atoms with Crippen LogP contribution in [0, 0.1) is 6.92 Å². The third-order valence-electron chi connectivity index (χ3n) is 2.68. The highest BCUT2D eigenvalue weighted by molar-refractivity contribution is 9.10. The number of carbonyl (C=O) groups is 1. The lowest BCUT2D eigenvalue weighted by molar-refractivity contribution is 0.0526.